The summed E-state index contributed by atoms with van der Waals surface area (Å²) >= 11 is 0. The molecule has 0 aliphatic carbocycles. The Morgan fingerprint density at radius 2 is 1.82 bits per heavy atom. The van der Waals surface area contributed by atoms with Crippen molar-refractivity contribution in [3.8, 4) is 0 Å². The molecule has 1 aromatic rings. The maximum atomic E-state index is 12.2. The Balaban J connectivity index is 2.60. The van der Waals surface area contributed by atoms with Crippen LogP contribution < -0.4 is 4.72 Å². The van der Waals surface area contributed by atoms with Crippen molar-refractivity contribution in [3.05, 3.63) is 29.8 Å². The molecule has 94 valence electrons. The van der Waals surface area contributed by atoms with Crippen LogP contribution in [-0.2, 0) is 16.4 Å². The van der Waals surface area contributed by atoms with Crippen LogP contribution in [0.3, 0.4) is 0 Å². The van der Waals surface area contributed by atoms with Gasteiger partial charge >= 0.3 is 0 Å². The van der Waals surface area contributed by atoms with Gasteiger partial charge in [0.1, 0.15) is 0 Å². The highest BCUT2D eigenvalue weighted by atomic mass is 32.2. The summed E-state index contributed by atoms with van der Waals surface area (Å²) in [7, 11) is -3.38. The Labute approximate surface area is 103 Å². The van der Waals surface area contributed by atoms with E-state index >= 15 is 0 Å². The SMILES string of the molecule is CC(C)(C)C1(C)Cc2ccccc2S(=O)(=O)N1. The summed E-state index contributed by atoms with van der Waals surface area (Å²) < 4.78 is 27.3. The fourth-order valence-electron chi connectivity index (χ4n) is 2.10. The number of nitrogens with one attached hydrogen (secondary N) is 1. The number of hydrogen-bond acceptors (Lipinski definition) is 2. The lowest BCUT2D eigenvalue weighted by molar-refractivity contribution is 0.180. The van der Waals surface area contributed by atoms with Crippen LogP contribution in [0.25, 0.3) is 0 Å². The molecule has 0 bridgehead atoms. The summed E-state index contributed by atoms with van der Waals surface area (Å²) in [5.41, 5.74) is 0.331. The first kappa shape index (κ1) is 12.6. The number of sulfonamides is 1. The van der Waals surface area contributed by atoms with Crippen molar-refractivity contribution in [3.63, 3.8) is 0 Å². The Bertz CT molecular complexity index is 543. The molecule has 1 aromatic carbocycles. The number of fused-ring (bicyclic) bond motifs is 1. The Kier molecular flexibility index (Phi) is 2.64. The molecule has 2 rings (SSSR count). The smallest absolute Gasteiger partial charge is 0.207 e. The first-order chi connectivity index (χ1) is 7.66. The molecule has 0 amide bonds. The molecule has 1 atom stereocenters. The Morgan fingerprint density at radius 3 is 2.41 bits per heavy atom. The number of hydrogen-bond donors (Lipinski definition) is 1. The second-order valence-corrected chi connectivity index (χ2v) is 7.62. The minimum Gasteiger partial charge on any atom is -0.207 e. The van der Waals surface area contributed by atoms with Gasteiger partial charge in [-0.1, -0.05) is 39.0 Å². The summed E-state index contributed by atoms with van der Waals surface area (Å²) in [5, 5.41) is 0. The third-order valence-electron chi connectivity index (χ3n) is 3.82. The topological polar surface area (TPSA) is 46.2 Å². The van der Waals surface area contributed by atoms with Crippen LogP contribution in [0, 0.1) is 5.41 Å². The molecule has 0 spiro atoms. The molecule has 0 saturated carbocycles. The van der Waals surface area contributed by atoms with Gasteiger partial charge < -0.3 is 0 Å². The van der Waals surface area contributed by atoms with Gasteiger partial charge in [-0.25, -0.2) is 13.1 Å². The molecule has 0 saturated heterocycles. The van der Waals surface area contributed by atoms with E-state index in [1.165, 1.54) is 0 Å². The van der Waals surface area contributed by atoms with E-state index in [0.717, 1.165) is 12.0 Å². The Morgan fingerprint density at radius 1 is 1.24 bits per heavy atom. The second kappa shape index (κ2) is 3.56. The highest BCUT2D eigenvalue weighted by molar-refractivity contribution is 7.89. The standard InChI is InChI=1S/C13H19NO2S/c1-12(2,3)13(4)9-10-7-5-6-8-11(10)17(15,16)14-13/h5-8,14H,9H2,1-4H3. The molecular formula is C13H19NO2S. The van der Waals surface area contributed by atoms with Crippen LogP contribution in [0.5, 0.6) is 0 Å². The van der Waals surface area contributed by atoms with Gasteiger partial charge in [-0.2, -0.15) is 0 Å². The van der Waals surface area contributed by atoms with Gasteiger partial charge in [-0.05, 0) is 30.4 Å². The highest BCUT2D eigenvalue weighted by Gasteiger charge is 2.45. The third-order valence-corrected chi connectivity index (χ3v) is 5.52. The molecule has 4 heteroatoms. The van der Waals surface area contributed by atoms with Crippen molar-refractivity contribution in [1.29, 1.82) is 0 Å². The summed E-state index contributed by atoms with van der Waals surface area (Å²) in [6, 6.07) is 7.22. The van der Waals surface area contributed by atoms with Crippen LogP contribution >= 0.6 is 0 Å². The maximum absolute atomic E-state index is 12.2. The van der Waals surface area contributed by atoms with Crippen molar-refractivity contribution < 1.29 is 8.42 Å². The van der Waals surface area contributed by atoms with Gasteiger partial charge in [-0.3, -0.25) is 0 Å². The van der Waals surface area contributed by atoms with Gasteiger partial charge in [-0.15, -0.1) is 0 Å². The summed E-state index contributed by atoms with van der Waals surface area (Å²) in [6.45, 7) is 8.15. The highest BCUT2D eigenvalue weighted by Crippen LogP contribution is 2.38. The Hall–Kier alpha value is -0.870. The molecule has 0 radical (unpaired) electrons. The van der Waals surface area contributed by atoms with Crippen LogP contribution in [0.1, 0.15) is 33.3 Å². The molecule has 1 heterocycles. The van der Waals surface area contributed by atoms with Crippen molar-refractivity contribution >= 4 is 10.0 Å². The van der Waals surface area contributed by atoms with Gasteiger partial charge in [0, 0.05) is 5.54 Å². The summed E-state index contributed by atoms with van der Waals surface area (Å²) in [6.07, 6.45) is 0.728. The normalized spacial score (nSPS) is 27.5. The summed E-state index contributed by atoms with van der Waals surface area (Å²) in [5.74, 6) is 0. The largest absolute Gasteiger partial charge is 0.241 e. The molecule has 1 aliphatic heterocycles. The van der Waals surface area contributed by atoms with Gasteiger partial charge in [0.2, 0.25) is 10.0 Å². The van der Waals surface area contributed by atoms with Crippen molar-refractivity contribution in [1.82, 2.24) is 4.72 Å². The average molecular weight is 253 g/mol. The first-order valence-corrected chi connectivity index (χ1v) is 7.26. The second-order valence-electron chi connectivity index (χ2n) is 5.97. The van der Waals surface area contributed by atoms with E-state index < -0.39 is 15.6 Å². The molecular weight excluding hydrogens is 234 g/mol. The van der Waals surface area contributed by atoms with E-state index in [-0.39, 0.29) is 5.41 Å². The lowest BCUT2D eigenvalue weighted by Crippen LogP contribution is -2.58. The zero-order valence-corrected chi connectivity index (χ0v) is 11.6. The number of benzene rings is 1. The zero-order valence-electron chi connectivity index (χ0n) is 10.7. The molecule has 0 fully saturated rings. The summed E-state index contributed by atoms with van der Waals surface area (Å²) in [4.78, 5) is 0.418. The van der Waals surface area contributed by atoms with E-state index in [0.29, 0.717) is 4.90 Å². The zero-order chi connectivity index (χ0) is 12.9. The molecule has 1 unspecified atom stereocenters. The van der Waals surface area contributed by atoms with Crippen molar-refractivity contribution in [2.75, 3.05) is 0 Å². The van der Waals surface area contributed by atoms with E-state index in [1.54, 1.807) is 12.1 Å². The lowest BCUT2D eigenvalue weighted by atomic mass is 9.72. The monoisotopic (exact) mass is 253 g/mol. The fourth-order valence-corrected chi connectivity index (χ4v) is 3.92. The van der Waals surface area contributed by atoms with Gasteiger partial charge in [0.05, 0.1) is 4.90 Å². The van der Waals surface area contributed by atoms with Crippen LogP contribution in [-0.4, -0.2) is 14.0 Å². The fraction of sp³-hybridized carbons (Fsp3) is 0.538. The number of rotatable bonds is 0. The van der Waals surface area contributed by atoms with E-state index in [1.807, 2.05) is 19.1 Å². The van der Waals surface area contributed by atoms with Crippen molar-refractivity contribution in [2.24, 2.45) is 5.41 Å². The van der Waals surface area contributed by atoms with Gasteiger partial charge in [0.25, 0.3) is 0 Å². The van der Waals surface area contributed by atoms with E-state index in [2.05, 4.69) is 25.5 Å². The molecule has 1 aliphatic rings. The molecule has 17 heavy (non-hydrogen) atoms. The van der Waals surface area contributed by atoms with Crippen LogP contribution in [0.4, 0.5) is 0 Å². The first-order valence-electron chi connectivity index (χ1n) is 5.78. The van der Waals surface area contributed by atoms with E-state index in [4.69, 9.17) is 0 Å². The van der Waals surface area contributed by atoms with E-state index in [9.17, 15) is 8.42 Å². The van der Waals surface area contributed by atoms with Gasteiger partial charge in [0.15, 0.2) is 0 Å². The van der Waals surface area contributed by atoms with Crippen molar-refractivity contribution in [2.45, 2.75) is 44.6 Å². The third kappa shape index (κ3) is 2.00. The van der Waals surface area contributed by atoms with Crippen LogP contribution in [0.2, 0.25) is 0 Å². The minimum absolute atomic E-state index is 0.131. The minimum atomic E-state index is -3.38. The molecule has 1 N–H and O–H groups in total. The lowest BCUT2D eigenvalue weighted by Gasteiger charge is -2.45. The molecule has 3 nitrogen and oxygen atoms in total. The quantitative estimate of drug-likeness (QED) is 0.771. The van der Waals surface area contributed by atoms with Crippen LogP contribution in [0.15, 0.2) is 29.2 Å². The average Bonchev–Trinajstić information content (AvgIpc) is 2.14. The molecule has 0 aromatic heterocycles. The predicted octanol–water partition coefficient (Wildman–Crippen LogP) is 2.33. The maximum Gasteiger partial charge on any atom is 0.241 e. The predicted molar refractivity (Wildman–Crippen MR) is 68.3 cm³/mol.